The molecule has 2 heterocycles. The van der Waals surface area contributed by atoms with Gasteiger partial charge < -0.3 is 15.2 Å². The van der Waals surface area contributed by atoms with E-state index in [0.717, 1.165) is 5.56 Å². The summed E-state index contributed by atoms with van der Waals surface area (Å²) < 4.78 is 1.63. The summed E-state index contributed by atoms with van der Waals surface area (Å²) in [6.07, 6.45) is 1.60. The number of imidazole rings is 1. The zero-order valence-electron chi connectivity index (χ0n) is 13.4. The Bertz CT molecular complexity index is 911. The van der Waals surface area contributed by atoms with Crippen molar-refractivity contribution in [1.29, 1.82) is 0 Å². The molecular weight excluding hydrogens is 371 g/mol. The molecule has 1 aromatic carbocycles. The van der Waals surface area contributed by atoms with E-state index in [1.54, 1.807) is 47.2 Å². The van der Waals surface area contributed by atoms with Crippen molar-refractivity contribution in [3.05, 3.63) is 47.6 Å². The molecule has 0 aliphatic carbocycles. The van der Waals surface area contributed by atoms with E-state index in [2.05, 4.69) is 15.3 Å². The SMILES string of the molecule is O=C([O-])CNC(=O)Cn1c(-c2ccc(Cl)cc2)nc2cccnc21.[K+]. The maximum atomic E-state index is 12.0. The van der Waals surface area contributed by atoms with E-state index in [0.29, 0.717) is 22.0 Å². The van der Waals surface area contributed by atoms with Crippen molar-refractivity contribution < 1.29 is 66.1 Å². The average molecular weight is 383 g/mol. The molecule has 0 bridgehead atoms. The van der Waals surface area contributed by atoms with Gasteiger partial charge in [0, 0.05) is 16.8 Å². The molecule has 25 heavy (non-hydrogen) atoms. The van der Waals surface area contributed by atoms with Gasteiger partial charge in [0.2, 0.25) is 5.91 Å². The van der Waals surface area contributed by atoms with E-state index in [9.17, 15) is 14.7 Å². The quantitative estimate of drug-likeness (QED) is 0.497. The van der Waals surface area contributed by atoms with E-state index >= 15 is 0 Å². The van der Waals surface area contributed by atoms with Crippen molar-refractivity contribution in [1.82, 2.24) is 19.9 Å². The topological polar surface area (TPSA) is 99.9 Å². The van der Waals surface area contributed by atoms with Crippen molar-refractivity contribution in [2.75, 3.05) is 6.54 Å². The summed E-state index contributed by atoms with van der Waals surface area (Å²) in [7, 11) is 0. The molecule has 0 aliphatic rings. The number of aliphatic carboxylic acids is 1. The predicted molar refractivity (Wildman–Crippen MR) is 86.0 cm³/mol. The Labute approximate surface area is 190 Å². The minimum atomic E-state index is -1.35. The summed E-state index contributed by atoms with van der Waals surface area (Å²) in [6.45, 7) is -0.659. The molecule has 0 spiro atoms. The Morgan fingerprint density at radius 2 is 1.92 bits per heavy atom. The molecule has 0 radical (unpaired) electrons. The first kappa shape index (κ1) is 20.0. The average Bonchev–Trinajstić information content (AvgIpc) is 2.92. The number of rotatable bonds is 5. The molecule has 2 aromatic heterocycles. The van der Waals surface area contributed by atoms with E-state index in [4.69, 9.17) is 11.6 Å². The summed E-state index contributed by atoms with van der Waals surface area (Å²) >= 11 is 5.91. The molecular formula is C16H12ClKN4O3. The molecule has 7 nitrogen and oxygen atoms in total. The second-order valence-corrected chi connectivity index (χ2v) is 5.46. The van der Waals surface area contributed by atoms with Crippen LogP contribution in [0.3, 0.4) is 0 Å². The third kappa shape index (κ3) is 4.87. The maximum absolute atomic E-state index is 12.0. The number of amides is 1. The largest absolute Gasteiger partial charge is 1.00 e. The Balaban J connectivity index is 0.00000225. The second kappa shape index (κ2) is 8.88. The van der Waals surface area contributed by atoms with Gasteiger partial charge in [0.15, 0.2) is 5.65 Å². The number of carbonyl (C=O) groups excluding carboxylic acids is 2. The molecule has 122 valence electrons. The number of halogens is 1. The Hall–Kier alpha value is -1.29. The summed E-state index contributed by atoms with van der Waals surface area (Å²) in [5.41, 5.74) is 1.94. The zero-order valence-corrected chi connectivity index (χ0v) is 17.3. The van der Waals surface area contributed by atoms with Crippen LogP contribution in [0.2, 0.25) is 5.02 Å². The van der Waals surface area contributed by atoms with Crippen LogP contribution < -0.4 is 61.8 Å². The van der Waals surface area contributed by atoms with Crippen molar-refractivity contribution in [3.63, 3.8) is 0 Å². The predicted octanol–water partition coefficient (Wildman–Crippen LogP) is -2.38. The summed E-state index contributed by atoms with van der Waals surface area (Å²) in [5, 5.41) is 13.3. The Morgan fingerprint density at radius 1 is 1.20 bits per heavy atom. The van der Waals surface area contributed by atoms with Crippen LogP contribution in [-0.2, 0) is 16.1 Å². The first-order valence-corrected chi connectivity index (χ1v) is 7.46. The van der Waals surface area contributed by atoms with Crippen molar-refractivity contribution in [2.45, 2.75) is 6.54 Å². The van der Waals surface area contributed by atoms with Gasteiger partial charge in [-0.15, -0.1) is 0 Å². The fourth-order valence-corrected chi connectivity index (χ4v) is 2.42. The van der Waals surface area contributed by atoms with Crippen LogP contribution in [0.1, 0.15) is 0 Å². The third-order valence-electron chi connectivity index (χ3n) is 3.34. The number of carbonyl (C=O) groups is 2. The van der Waals surface area contributed by atoms with Gasteiger partial charge in [-0.2, -0.15) is 0 Å². The summed E-state index contributed by atoms with van der Waals surface area (Å²) in [5.74, 6) is -1.28. The van der Waals surface area contributed by atoms with Gasteiger partial charge >= 0.3 is 51.4 Å². The number of carboxylic acid groups (broad SMARTS) is 1. The monoisotopic (exact) mass is 382 g/mol. The zero-order chi connectivity index (χ0) is 17.1. The molecule has 9 heteroatoms. The summed E-state index contributed by atoms with van der Waals surface area (Å²) in [4.78, 5) is 31.2. The smallest absolute Gasteiger partial charge is 0.548 e. The third-order valence-corrected chi connectivity index (χ3v) is 3.59. The number of benzene rings is 1. The molecule has 0 saturated heterocycles. The molecule has 1 amide bonds. The molecule has 0 aliphatic heterocycles. The van der Waals surface area contributed by atoms with Gasteiger partial charge in [0.25, 0.3) is 0 Å². The number of pyridine rings is 1. The number of fused-ring (bicyclic) bond motifs is 1. The van der Waals surface area contributed by atoms with Gasteiger partial charge in [-0.25, -0.2) is 9.97 Å². The molecule has 0 atom stereocenters. The number of nitrogens with one attached hydrogen (secondary N) is 1. The van der Waals surface area contributed by atoms with E-state index in [-0.39, 0.29) is 57.9 Å². The van der Waals surface area contributed by atoms with E-state index in [1.165, 1.54) is 0 Å². The van der Waals surface area contributed by atoms with Crippen LogP contribution in [0.4, 0.5) is 0 Å². The number of hydrogen-bond donors (Lipinski definition) is 1. The van der Waals surface area contributed by atoms with Crippen LogP contribution >= 0.6 is 11.6 Å². The standard InChI is InChI=1S/C16H13ClN4O3.K/c17-11-5-3-10(4-6-11)15-20-12-2-1-7-18-16(12)21(15)9-13(22)19-8-14(23)24;/h1-7H,8-9H2,(H,19,22)(H,23,24);/q;+1/p-1. The second-order valence-electron chi connectivity index (χ2n) is 5.02. The van der Waals surface area contributed by atoms with Gasteiger partial charge in [-0.3, -0.25) is 9.36 Å². The van der Waals surface area contributed by atoms with E-state index in [1.807, 2.05) is 0 Å². The number of hydrogen-bond acceptors (Lipinski definition) is 5. The molecule has 3 rings (SSSR count). The fourth-order valence-electron chi connectivity index (χ4n) is 2.30. The van der Waals surface area contributed by atoms with Gasteiger partial charge in [-0.05, 0) is 36.4 Å². The number of nitrogens with zero attached hydrogens (tertiary/aromatic N) is 3. The minimum absolute atomic E-state index is 0. The summed E-state index contributed by atoms with van der Waals surface area (Å²) in [6, 6.07) is 10.6. The molecule has 1 N–H and O–H groups in total. The first-order valence-electron chi connectivity index (χ1n) is 7.08. The van der Waals surface area contributed by atoms with Crippen molar-refractivity contribution in [3.8, 4) is 11.4 Å². The van der Waals surface area contributed by atoms with Gasteiger partial charge in [-0.1, -0.05) is 11.6 Å². The fraction of sp³-hybridized carbons (Fsp3) is 0.125. The molecule has 0 unspecified atom stereocenters. The first-order chi connectivity index (χ1) is 11.5. The Morgan fingerprint density at radius 3 is 2.60 bits per heavy atom. The molecule has 0 fully saturated rings. The van der Waals surface area contributed by atoms with Crippen LogP contribution in [0.25, 0.3) is 22.6 Å². The van der Waals surface area contributed by atoms with Crippen LogP contribution in [-0.4, -0.2) is 33.0 Å². The van der Waals surface area contributed by atoms with Crippen molar-refractivity contribution in [2.24, 2.45) is 0 Å². The maximum Gasteiger partial charge on any atom is 1.00 e. The normalized spacial score (nSPS) is 10.3. The Kier molecular flexibility index (Phi) is 7.11. The van der Waals surface area contributed by atoms with Gasteiger partial charge in [0.1, 0.15) is 17.9 Å². The molecule has 3 aromatic rings. The van der Waals surface area contributed by atoms with Crippen LogP contribution in [0.5, 0.6) is 0 Å². The molecule has 0 saturated carbocycles. The van der Waals surface area contributed by atoms with Crippen LogP contribution in [0, 0.1) is 0 Å². The van der Waals surface area contributed by atoms with Crippen LogP contribution in [0.15, 0.2) is 42.6 Å². The number of aromatic nitrogens is 3. The van der Waals surface area contributed by atoms with E-state index < -0.39 is 18.4 Å². The minimum Gasteiger partial charge on any atom is -0.548 e. The van der Waals surface area contributed by atoms with Gasteiger partial charge in [0.05, 0.1) is 12.5 Å². The van der Waals surface area contributed by atoms with Crippen molar-refractivity contribution >= 4 is 34.6 Å². The number of carboxylic acids is 1.